The van der Waals surface area contributed by atoms with Gasteiger partial charge in [0.25, 0.3) is 0 Å². The van der Waals surface area contributed by atoms with Crippen LogP contribution in [0.15, 0.2) is 60.8 Å². The molecule has 148 valence electrons. The number of benzene rings is 2. The van der Waals surface area contributed by atoms with Crippen molar-refractivity contribution in [3.8, 4) is 0 Å². The van der Waals surface area contributed by atoms with E-state index in [9.17, 15) is 9.59 Å². The van der Waals surface area contributed by atoms with Crippen molar-refractivity contribution in [3.05, 3.63) is 71.9 Å². The zero-order valence-electron chi connectivity index (χ0n) is 16.3. The lowest BCUT2D eigenvalue weighted by Crippen LogP contribution is -2.37. The van der Waals surface area contributed by atoms with E-state index in [1.54, 1.807) is 36.1 Å². The summed E-state index contributed by atoms with van der Waals surface area (Å²) in [4.78, 5) is 29.6. The van der Waals surface area contributed by atoms with Crippen LogP contribution in [-0.4, -0.2) is 41.6 Å². The van der Waals surface area contributed by atoms with E-state index in [-0.39, 0.29) is 6.03 Å². The number of aromatic nitrogens is 1. The zero-order chi connectivity index (χ0) is 20.2. The summed E-state index contributed by atoms with van der Waals surface area (Å²) in [7, 11) is 0. The Hall–Kier alpha value is -3.54. The van der Waals surface area contributed by atoms with Crippen molar-refractivity contribution in [2.45, 2.75) is 13.3 Å². The molecule has 1 aromatic heterocycles. The summed E-state index contributed by atoms with van der Waals surface area (Å²) < 4.78 is 5.01. The third kappa shape index (κ3) is 4.01. The van der Waals surface area contributed by atoms with E-state index in [2.05, 4.69) is 28.5 Å². The minimum atomic E-state index is -0.395. The van der Waals surface area contributed by atoms with Gasteiger partial charge >= 0.3 is 12.0 Å². The monoisotopic (exact) mass is 389 g/mol. The van der Waals surface area contributed by atoms with Gasteiger partial charge in [0, 0.05) is 41.4 Å². The van der Waals surface area contributed by atoms with E-state index in [1.807, 2.05) is 18.3 Å². The maximum absolute atomic E-state index is 12.6. The fraction of sp³-hybridized carbons (Fsp3) is 0.217. The quantitative estimate of drug-likeness (QED) is 0.637. The number of urea groups is 1. The standard InChI is InChI=1S/C23H23N3O3/c1-2-29-22(27)17-6-5-7-18(14-17)25-23(28)26-12-10-16(11-13-26)20-15-24-21-9-4-3-8-19(20)21/h3-10,14-15,24H,2,11-13H2,1H3,(H,25,28). The highest BCUT2D eigenvalue weighted by molar-refractivity contribution is 5.95. The molecular formula is C23H23N3O3. The average molecular weight is 389 g/mol. The molecule has 0 saturated carbocycles. The van der Waals surface area contributed by atoms with Gasteiger partial charge in [-0.15, -0.1) is 0 Å². The Bertz CT molecular complexity index is 1080. The smallest absolute Gasteiger partial charge is 0.338 e. The Balaban J connectivity index is 1.43. The van der Waals surface area contributed by atoms with Crippen LogP contribution in [0.1, 0.15) is 29.3 Å². The Labute approximate surface area is 169 Å². The fourth-order valence-electron chi connectivity index (χ4n) is 3.58. The zero-order valence-corrected chi connectivity index (χ0v) is 16.3. The molecule has 0 aliphatic carbocycles. The number of nitrogens with one attached hydrogen (secondary N) is 2. The maximum Gasteiger partial charge on any atom is 0.338 e. The van der Waals surface area contributed by atoms with Gasteiger partial charge in [0.15, 0.2) is 0 Å². The number of carbonyl (C=O) groups excluding carboxylic acids is 2. The summed E-state index contributed by atoms with van der Waals surface area (Å²) in [6.45, 7) is 3.25. The van der Waals surface area contributed by atoms with Gasteiger partial charge in [-0.3, -0.25) is 0 Å². The van der Waals surface area contributed by atoms with E-state index in [1.165, 1.54) is 16.5 Å². The van der Waals surface area contributed by atoms with Gasteiger partial charge in [-0.25, -0.2) is 9.59 Å². The molecule has 0 fully saturated rings. The number of ether oxygens (including phenoxy) is 1. The minimum Gasteiger partial charge on any atom is -0.462 e. The second kappa shape index (κ2) is 8.22. The number of amides is 2. The van der Waals surface area contributed by atoms with Crippen LogP contribution in [0.25, 0.3) is 16.5 Å². The molecule has 2 heterocycles. The molecule has 0 atom stereocenters. The van der Waals surface area contributed by atoms with Crippen molar-refractivity contribution in [2.24, 2.45) is 0 Å². The van der Waals surface area contributed by atoms with Crippen molar-refractivity contribution in [2.75, 3.05) is 25.0 Å². The number of hydrogen-bond donors (Lipinski definition) is 2. The maximum atomic E-state index is 12.6. The van der Waals surface area contributed by atoms with E-state index >= 15 is 0 Å². The molecular weight excluding hydrogens is 366 g/mol. The summed E-state index contributed by atoms with van der Waals surface area (Å²) in [6, 6.07) is 14.8. The molecule has 2 amide bonds. The molecule has 6 nitrogen and oxygen atoms in total. The van der Waals surface area contributed by atoms with E-state index in [0.29, 0.717) is 30.9 Å². The van der Waals surface area contributed by atoms with Crippen LogP contribution in [0.4, 0.5) is 10.5 Å². The topological polar surface area (TPSA) is 74.4 Å². The molecule has 0 unspecified atom stereocenters. The SMILES string of the molecule is CCOC(=O)c1cccc(NC(=O)N2CC=C(c3c[nH]c4ccccc34)CC2)c1. The Morgan fingerprint density at radius 1 is 1.17 bits per heavy atom. The van der Waals surface area contributed by atoms with Gasteiger partial charge < -0.3 is 19.9 Å². The number of H-pyrrole nitrogens is 1. The van der Waals surface area contributed by atoms with Crippen LogP contribution in [0.5, 0.6) is 0 Å². The van der Waals surface area contributed by atoms with Gasteiger partial charge in [-0.2, -0.15) is 0 Å². The number of hydrogen-bond acceptors (Lipinski definition) is 3. The second-order valence-corrected chi connectivity index (χ2v) is 6.90. The van der Waals surface area contributed by atoms with Crippen molar-refractivity contribution in [3.63, 3.8) is 0 Å². The summed E-state index contributed by atoms with van der Waals surface area (Å²) in [6.07, 6.45) is 4.93. The lowest BCUT2D eigenvalue weighted by molar-refractivity contribution is 0.0526. The molecule has 2 aromatic carbocycles. The third-order valence-electron chi connectivity index (χ3n) is 5.06. The highest BCUT2D eigenvalue weighted by atomic mass is 16.5. The van der Waals surface area contributed by atoms with Crippen LogP contribution >= 0.6 is 0 Å². The van der Waals surface area contributed by atoms with Gasteiger partial charge in [-0.05, 0) is 43.2 Å². The lowest BCUT2D eigenvalue weighted by atomic mass is 9.99. The van der Waals surface area contributed by atoms with Gasteiger partial charge in [0.1, 0.15) is 0 Å². The van der Waals surface area contributed by atoms with Crippen LogP contribution in [0.3, 0.4) is 0 Å². The van der Waals surface area contributed by atoms with Gasteiger partial charge in [0.2, 0.25) is 0 Å². The van der Waals surface area contributed by atoms with E-state index < -0.39 is 5.97 Å². The molecule has 2 N–H and O–H groups in total. The number of aromatic amines is 1. The predicted octanol–water partition coefficient (Wildman–Crippen LogP) is 4.67. The number of fused-ring (bicyclic) bond motifs is 1. The first-order chi connectivity index (χ1) is 14.2. The number of nitrogens with zero attached hydrogens (tertiary/aromatic N) is 1. The molecule has 6 heteroatoms. The van der Waals surface area contributed by atoms with Crippen LogP contribution in [0, 0.1) is 0 Å². The van der Waals surface area contributed by atoms with Crippen LogP contribution in [0.2, 0.25) is 0 Å². The van der Waals surface area contributed by atoms with Crippen LogP contribution < -0.4 is 5.32 Å². The molecule has 3 aromatic rings. The molecule has 1 aliphatic heterocycles. The summed E-state index contributed by atoms with van der Waals surface area (Å²) in [5.41, 5.74) is 4.56. The molecule has 1 aliphatic rings. The number of anilines is 1. The Morgan fingerprint density at radius 2 is 2.03 bits per heavy atom. The number of rotatable bonds is 4. The molecule has 0 saturated heterocycles. The second-order valence-electron chi connectivity index (χ2n) is 6.90. The highest BCUT2D eigenvalue weighted by Gasteiger charge is 2.20. The van der Waals surface area contributed by atoms with Crippen LogP contribution in [-0.2, 0) is 4.74 Å². The average Bonchev–Trinajstić information content (AvgIpc) is 3.18. The number of esters is 1. The van der Waals surface area contributed by atoms with Crippen molar-refractivity contribution < 1.29 is 14.3 Å². The number of carbonyl (C=O) groups is 2. The number of para-hydroxylation sites is 1. The van der Waals surface area contributed by atoms with Crippen molar-refractivity contribution in [1.29, 1.82) is 0 Å². The minimum absolute atomic E-state index is 0.180. The highest BCUT2D eigenvalue weighted by Crippen LogP contribution is 2.29. The summed E-state index contributed by atoms with van der Waals surface area (Å²) in [5, 5.41) is 4.07. The summed E-state index contributed by atoms with van der Waals surface area (Å²) in [5.74, 6) is -0.395. The normalized spacial score (nSPS) is 13.8. The van der Waals surface area contributed by atoms with E-state index in [0.717, 1.165) is 11.9 Å². The Kier molecular flexibility index (Phi) is 5.33. The molecule has 0 bridgehead atoms. The fourth-order valence-corrected chi connectivity index (χ4v) is 3.58. The molecule has 0 radical (unpaired) electrons. The summed E-state index contributed by atoms with van der Waals surface area (Å²) >= 11 is 0. The first-order valence-electron chi connectivity index (χ1n) is 9.74. The largest absolute Gasteiger partial charge is 0.462 e. The van der Waals surface area contributed by atoms with Crippen molar-refractivity contribution >= 4 is 34.2 Å². The lowest BCUT2D eigenvalue weighted by Gasteiger charge is -2.26. The first-order valence-corrected chi connectivity index (χ1v) is 9.74. The first kappa shape index (κ1) is 18.8. The third-order valence-corrected chi connectivity index (χ3v) is 5.06. The molecule has 29 heavy (non-hydrogen) atoms. The molecule has 0 spiro atoms. The predicted molar refractivity (Wildman–Crippen MR) is 114 cm³/mol. The molecule has 4 rings (SSSR count). The van der Waals surface area contributed by atoms with Crippen molar-refractivity contribution in [1.82, 2.24) is 9.88 Å². The Morgan fingerprint density at radius 3 is 2.83 bits per heavy atom. The van der Waals surface area contributed by atoms with Gasteiger partial charge in [-0.1, -0.05) is 30.3 Å². The van der Waals surface area contributed by atoms with E-state index in [4.69, 9.17) is 4.74 Å². The van der Waals surface area contributed by atoms with Gasteiger partial charge in [0.05, 0.1) is 12.2 Å².